The normalized spacial score (nSPS) is 13.8. The summed E-state index contributed by atoms with van der Waals surface area (Å²) in [4.78, 5) is 14.7. The summed E-state index contributed by atoms with van der Waals surface area (Å²) in [6, 6.07) is 4.18. The van der Waals surface area contributed by atoms with E-state index in [4.69, 9.17) is 10.8 Å². The van der Waals surface area contributed by atoms with E-state index in [1.165, 1.54) is 36.6 Å². The van der Waals surface area contributed by atoms with Crippen molar-refractivity contribution >= 4 is 18.3 Å². The van der Waals surface area contributed by atoms with Crippen LogP contribution in [0.3, 0.4) is 0 Å². The standard InChI is InChI=1S/C15H17F3N2O2/c16-15(17,18)12-7-2-1-5-11(12)6-4-10-20-13(14(21)22)8-3-9-19/h1-2,4-7,10,13H,3,8-9,19H2,(H,21,22)/b6-4+,20-10?. The molecule has 1 aromatic rings. The second kappa shape index (κ2) is 8.33. The Kier molecular flexibility index (Phi) is 6.78. The molecular weight excluding hydrogens is 297 g/mol. The van der Waals surface area contributed by atoms with Gasteiger partial charge in [0.2, 0.25) is 0 Å². The maximum Gasteiger partial charge on any atom is 0.416 e. The molecule has 4 nitrogen and oxygen atoms in total. The van der Waals surface area contributed by atoms with Crippen molar-refractivity contribution < 1.29 is 23.1 Å². The van der Waals surface area contributed by atoms with Crippen molar-refractivity contribution in [1.82, 2.24) is 0 Å². The molecule has 0 aliphatic carbocycles. The van der Waals surface area contributed by atoms with Gasteiger partial charge in [-0.2, -0.15) is 13.2 Å². The van der Waals surface area contributed by atoms with Crippen LogP contribution in [0, 0.1) is 0 Å². The number of carbonyl (C=O) groups is 1. The van der Waals surface area contributed by atoms with Gasteiger partial charge in [-0.05, 0) is 37.1 Å². The van der Waals surface area contributed by atoms with E-state index < -0.39 is 23.8 Å². The zero-order valence-corrected chi connectivity index (χ0v) is 11.8. The van der Waals surface area contributed by atoms with E-state index in [2.05, 4.69) is 4.99 Å². The molecule has 0 saturated heterocycles. The molecule has 0 aliphatic heterocycles. The smallest absolute Gasteiger partial charge is 0.416 e. The van der Waals surface area contributed by atoms with Gasteiger partial charge in [0.25, 0.3) is 0 Å². The summed E-state index contributed by atoms with van der Waals surface area (Å²) < 4.78 is 38.3. The number of carboxylic acids is 1. The lowest BCUT2D eigenvalue weighted by Gasteiger charge is -2.09. The van der Waals surface area contributed by atoms with Gasteiger partial charge in [0.1, 0.15) is 6.04 Å². The SMILES string of the molecule is NCCCC(N=C/C=C/c1ccccc1C(F)(F)F)C(=O)O. The Morgan fingerprint density at radius 1 is 1.36 bits per heavy atom. The molecule has 0 aliphatic rings. The Balaban J connectivity index is 2.81. The van der Waals surface area contributed by atoms with Crippen LogP contribution in [-0.2, 0) is 11.0 Å². The van der Waals surface area contributed by atoms with Crippen LogP contribution < -0.4 is 5.73 Å². The Morgan fingerprint density at radius 3 is 2.64 bits per heavy atom. The minimum absolute atomic E-state index is 0.00437. The molecule has 0 amide bonds. The van der Waals surface area contributed by atoms with Gasteiger partial charge in [0.05, 0.1) is 5.56 Å². The summed E-state index contributed by atoms with van der Waals surface area (Å²) in [5.41, 5.74) is 4.54. The fraction of sp³-hybridized carbons (Fsp3) is 0.333. The Morgan fingerprint density at radius 2 is 2.05 bits per heavy atom. The Bertz CT molecular complexity index is 554. The van der Waals surface area contributed by atoms with Crippen molar-refractivity contribution in [3.05, 3.63) is 41.5 Å². The molecule has 1 aromatic carbocycles. The number of carboxylic acid groups (broad SMARTS) is 1. The van der Waals surface area contributed by atoms with Crippen LogP contribution in [0.5, 0.6) is 0 Å². The highest BCUT2D eigenvalue weighted by molar-refractivity contribution is 5.82. The minimum Gasteiger partial charge on any atom is -0.480 e. The molecular formula is C15H17F3N2O2. The average Bonchev–Trinajstić information content (AvgIpc) is 2.45. The maximum atomic E-state index is 12.8. The third-order valence-electron chi connectivity index (χ3n) is 2.86. The van der Waals surface area contributed by atoms with E-state index >= 15 is 0 Å². The molecule has 0 radical (unpaired) electrons. The number of rotatable bonds is 7. The topological polar surface area (TPSA) is 75.7 Å². The van der Waals surface area contributed by atoms with Gasteiger partial charge in [-0.3, -0.25) is 4.99 Å². The summed E-state index contributed by atoms with van der Waals surface area (Å²) in [5, 5.41) is 8.94. The predicted octanol–water partition coefficient (Wildman–Crippen LogP) is 2.98. The van der Waals surface area contributed by atoms with Gasteiger partial charge < -0.3 is 10.8 Å². The number of aliphatic carboxylic acids is 1. The summed E-state index contributed by atoms with van der Waals surface area (Å²) >= 11 is 0. The molecule has 0 aromatic heterocycles. The molecule has 0 heterocycles. The van der Waals surface area contributed by atoms with Crippen molar-refractivity contribution in [1.29, 1.82) is 0 Å². The number of allylic oxidation sites excluding steroid dienone is 1. The number of nitrogens with two attached hydrogens (primary N) is 1. The van der Waals surface area contributed by atoms with Crippen LogP contribution in [0.25, 0.3) is 6.08 Å². The number of nitrogens with zero attached hydrogens (tertiary/aromatic N) is 1. The summed E-state index contributed by atoms with van der Waals surface area (Å²) in [6.45, 7) is 0.355. The first-order valence-corrected chi connectivity index (χ1v) is 6.65. The van der Waals surface area contributed by atoms with E-state index in [9.17, 15) is 18.0 Å². The molecule has 120 valence electrons. The number of alkyl halides is 3. The molecule has 3 N–H and O–H groups in total. The van der Waals surface area contributed by atoms with Crippen molar-refractivity contribution in [2.75, 3.05) is 6.54 Å². The minimum atomic E-state index is -4.44. The molecule has 7 heteroatoms. The van der Waals surface area contributed by atoms with E-state index in [-0.39, 0.29) is 12.0 Å². The highest BCUT2D eigenvalue weighted by Crippen LogP contribution is 2.32. The van der Waals surface area contributed by atoms with Gasteiger partial charge in [-0.25, -0.2) is 4.79 Å². The summed E-state index contributed by atoms with van der Waals surface area (Å²) in [6.07, 6.45) is 0.0899. The van der Waals surface area contributed by atoms with Gasteiger partial charge in [-0.1, -0.05) is 24.3 Å². The molecule has 0 bridgehead atoms. The Hall–Kier alpha value is -2.15. The van der Waals surface area contributed by atoms with Crippen LogP contribution in [-0.4, -0.2) is 29.9 Å². The van der Waals surface area contributed by atoms with Crippen molar-refractivity contribution in [2.45, 2.75) is 25.1 Å². The maximum absolute atomic E-state index is 12.8. The number of hydrogen-bond donors (Lipinski definition) is 2. The lowest BCUT2D eigenvalue weighted by Crippen LogP contribution is -2.19. The van der Waals surface area contributed by atoms with Crippen LogP contribution in [0.1, 0.15) is 24.0 Å². The third-order valence-corrected chi connectivity index (χ3v) is 2.86. The monoisotopic (exact) mass is 314 g/mol. The first-order chi connectivity index (χ1) is 10.4. The largest absolute Gasteiger partial charge is 0.480 e. The van der Waals surface area contributed by atoms with E-state index in [1.807, 2.05) is 0 Å². The fourth-order valence-electron chi connectivity index (χ4n) is 1.77. The third kappa shape index (κ3) is 5.69. The van der Waals surface area contributed by atoms with Gasteiger partial charge in [-0.15, -0.1) is 0 Å². The molecule has 1 rings (SSSR count). The van der Waals surface area contributed by atoms with Gasteiger partial charge in [0, 0.05) is 6.21 Å². The fourth-order valence-corrected chi connectivity index (χ4v) is 1.77. The molecule has 0 saturated carbocycles. The van der Waals surface area contributed by atoms with E-state index in [0.717, 1.165) is 6.07 Å². The molecule has 22 heavy (non-hydrogen) atoms. The average molecular weight is 314 g/mol. The molecule has 0 fully saturated rings. The van der Waals surface area contributed by atoms with E-state index in [1.54, 1.807) is 0 Å². The second-order valence-corrected chi connectivity index (χ2v) is 4.53. The molecule has 0 spiro atoms. The quantitative estimate of drug-likeness (QED) is 0.760. The summed E-state index contributed by atoms with van der Waals surface area (Å²) in [5.74, 6) is -1.09. The lowest BCUT2D eigenvalue weighted by atomic mass is 10.1. The highest BCUT2D eigenvalue weighted by atomic mass is 19.4. The second-order valence-electron chi connectivity index (χ2n) is 4.53. The predicted molar refractivity (Wildman–Crippen MR) is 78.7 cm³/mol. The zero-order valence-electron chi connectivity index (χ0n) is 11.8. The van der Waals surface area contributed by atoms with Crippen LogP contribution in [0.2, 0.25) is 0 Å². The highest BCUT2D eigenvalue weighted by Gasteiger charge is 2.32. The van der Waals surface area contributed by atoms with E-state index in [0.29, 0.717) is 13.0 Å². The molecule has 1 atom stereocenters. The van der Waals surface area contributed by atoms with Crippen LogP contribution in [0.15, 0.2) is 35.3 Å². The molecule has 1 unspecified atom stereocenters. The number of halogens is 3. The Labute approximate surface area is 126 Å². The number of benzene rings is 1. The van der Waals surface area contributed by atoms with Crippen molar-refractivity contribution in [2.24, 2.45) is 10.7 Å². The van der Waals surface area contributed by atoms with Crippen molar-refractivity contribution in [3.8, 4) is 0 Å². The van der Waals surface area contributed by atoms with Gasteiger partial charge in [0.15, 0.2) is 0 Å². The first-order valence-electron chi connectivity index (χ1n) is 6.65. The van der Waals surface area contributed by atoms with Crippen LogP contribution >= 0.6 is 0 Å². The lowest BCUT2D eigenvalue weighted by molar-refractivity contribution is -0.139. The van der Waals surface area contributed by atoms with Crippen molar-refractivity contribution in [3.63, 3.8) is 0 Å². The van der Waals surface area contributed by atoms with Gasteiger partial charge >= 0.3 is 12.1 Å². The zero-order chi connectivity index (χ0) is 16.6. The number of hydrogen-bond acceptors (Lipinski definition) is 3. The van der Waals surface area contributed by atoms with Crippen LogP contribution in [0.4, 0.5) is 13.2 Å². The first kappa shape index (κ1) is 17.9. The number of aliphatic imine (C=N–C) groups is 1. The summed E-state index contributed by atoms with van der Waals surface area (Å²) in [7, 11) is 0.